The Bertz CT molecular complexity index is 625. The highest BCUT2D eigenvalue weighted by Crippen LogP contribution is 2.39. The zero-order valence-corrected chi connectivity index (χ0v) is 12.7. The Kier molecular flexibility index (Phi) is 3.38. The van der Waals surface area contributed by atoms with Gasteiger partial charge in [-0.15, -0.1) is 0 Å². The van der Waals surface area contributed by atoms with E-state index in [4.69, 9.17) is 10.3 Å². The second-order valence-corrected chi connectivity index (χ2v) is 6.41. The van der Waals surface area contributed by atoms with Crippen molar-refractivity contribution in [2.45, 2.75) is 37.6 Å². The number of benzene rings is 1. The summed E-state index contributed by atoms with van der Waals surface area (Å²) in [5.74, 6) is 0.586. The predicted octanol–water partition coefficient (Wildman–Crippen LogP) is 3.41. The molecule has 2 atom stereocenters. The predicted molar refractivity (Wildman–Crippen MR) is 76.6 cm³/mol. The summed E-state index contributed by atoms with van der Waals surface area (Å²) in [6.07, 6.45) is 2.95. The fourth-order valence-electron chi connectivity index (χ4n) is 2.71. The summed E-state index contributed by atoms with van der Waals surface area (Å²) in [7, 11) is 0. The zero-order chi connectivity index (χ0) is 14.3. The standard InChI is InChI=1S/C14H15BrFN3O/c1-14(4-2-3-11(14)17)13-18-12(19-20-13)8-5-9(15)7-10(16)6-8/h5-7,11H,2-4,17H2,1H3. The molecule has 1 heterocycles. The Morgan fingerprint density at radius 2 is 2.25 bits per heavy atom. The third kappa shape index (κ3) is 2.27. The van der Waals surface area contributed by atoms with Crippen molar-refractivity contribution in [1.82, 2.24) is 10.1 Å². The van der Waals surface area contributed by atoms with Gasteiger partial charge < -0.3 is 10.3 Å². The van der Waals surface area contributed by atoms with E-state index in [0.717, 1.165) is 19.3 Å². The summed E-state index contributed by atoms with van der Waals surface area (Å²) < 4.78 is 19.4. The van der Waals surface area contributed by atoms with Crippen LogP contribution in [0.25, 0.3) is 11.4 Å². The number of hydrogen-bond acceptors (Lipinski definition) is 4. The second-order valence-electron chi connectivity index (χ2n) is 5.50. The second kappa shape index (κ2) is 4.93. The van der Waals surface area contributed by atoms with Crippen LogP contribution in [0.2, 0.25) is 0 Å². The lowest BCUT2D eigenvalue weighted by atomic mass is 9.85. The van der Waals surface area contributed by atoms with Crippen LogP contribution in [0, 0.1) is 5.82 Å². The van der Waals surface area contributed by atoms with Crippen LogP contribution >= 0.6 is 15.9 Å². The Hall–Kier alpha value is -1.27. The van der Waals surface area contributed by atoms with Crippen LogP contribution in [0.4, 0.5) is 4.39 Å². The SMILES string of the molecule is CC1(c2nc(-c3cc(F)cc(Br)c3)no2)CCCC1N. The van der Waals surface area contributed by atoms with Gasteiger partial charge in [0.15, 0.2) is 0 Å². The van der Waals surface area contributed by atoms with Crippen LogP contribution in [0.1, 0.15) is 32.1 Å². The monoisotopic (exact) mass is 339 g/mol. The van der Waals surface area contributed by atoms with E-state index >= 15 is 0 Å². The van der Waals surface area contributed by atoms with Crippen LogP contribution in [0.15, 0.2) is 27.2 Å². The molecule has 0 saturated heterocycles. The number of aromatic nitrogens is 2. The molecule has 1 aromatic heterocycles. The van der Waals surface area contributed by atoms with E-state index in [1.165, 1.54) is 12.1 Å². The Labute approximate surface area is 124 Å². The van der Waals surface area contributed by atoms with Crippen molar-refractivity contribution in [3.05, 3.63) is 34.4 Å². The van der Waals surface area contributed by atoms with Crippen LogP contribution in [0.5, 0.6) is 0 Å². The van der Waals surface area contributed by atoms with Crippen molar-refractivity contribution in [2.24, 2.45) is 5.73 Å². The van der Waals surface area contributed by atoms with Crippen molar-refractivity contribution >= 4 is 15.9 Å². The fraction of sp³-hybridized carbons (Fsp3) is 0.429. The van der Waals surface area contributed by atoms with Gasteiger partial charge >= 0.3 is 0 Å². The molecule has 0 spiro atoms. The number of halogens is 2. The molecule has 0 bridgehead atoms. The van der Waals surface area contributed by atoms with Gasteiger partial charge in [-0.25, -0.2) is 4.39 Å². The Morgan fingerprint density at radius 1 is 1.45 bits per heavy atom. The van der Waals surface area contributed by atoms with E-state index in [9.17, 15) is 4.39 Å². The number of nitrogens with zero attached hydrogens (tertiary/aromatic N) is 2. The lowest BCUT2D eigenvalue weighted by Crippen LogP contribution is -2.38. The molecule has 2 N–H and O–H groups in total. The zero-order valence-electron chi connectivity index (χ0n) is 11.1. The maximum absolute atomic E-state index is 13.4. The molecule has 1 aromatic carbocycles. The van der Waals surface area contributed by atoms with Crippen molar-refractivity contribution in [3.8, 4) is 11.4 Å². The minimum Gasteiger partial charge on any atom is -0.338 e. The molecule has 1 fully saturated rings. The highest BCUT2D eigenvalue weighted by molar-refractivity contribution is 9.10. The van der Waals surface area contributed by atoms with E-state index in [-0.39, 0.29) is 17.3 Å². The first-order valence-electron chi connectivity index (χ1n) is 6.55. The first-order valence-corrected chi connectivity index (χ1v) is 7.34. The van der Waals surface area contributed by atoms with Gasteiger partial charge in [0.05, 0.1) is 5.41 Å². The topological polar surface area (TPSA) is 64.9 Å². The lowest BCUT2D eigenvalue weighted by molar-refractivity contribution is 0.278. The maximum atomic E-state index is 13.4. The van der Waals surface area contributed by atoms with Crippen molar-refractivity contribution in [3.63, 3.8) is 0 Å². The number of rotatable bonds is 2. The molecule has 1 saturated carbocycles. The van der Waals surface area contributed by atoms with E-state index in [0.29, 0.717) is 21.8 Å². The molecule has 0 aliphatic heterocycles. The molecule has 4 nitrogen and oxygen atoms in total. The maximum Gasteiger partial charge on any atom is 0.234 e. The highest BCUT2D eigenvalue weighted by Gasteiger charge is 2.42. The van der Waals surface area contributed by atoms with Gasteiger partial charge in [-0.05, 0) is 38.0 Å². The van der Waals surface area contributed by atoms with E-state index < -0.39 is 0 Å². The first kappa shape index (κ1) is 13.7. The van der Waals surface area contributed by atoms with Gasteiger partial charge in [0.25, 0.3) is 0 Å². The van der Waals surface area contributed by atoms with Gasteiger partial charge in [-0.2, -0.15) is 4.98 Å². The van der Waals surface area contributed by atoms with E-state index in [1.54, 1.807) is 6.07 Å². The largest absolute Gasteiger partial charge is 0.338 e. The number of nitrogens with two attached hydrogens (primary N) is 1. The molecule has 0 amide bonds. The fourth-order valence-corrected chi connectivity index (χ4v) is 3.18. The molecular formula is C14H15BrFN3O. The first-order chi connectivity index (χ1) is 9.49. The van der Waals surface area contributed by atoms with E-state index in [2.05, 4.69) is 26.1 Å². The van der Waals surface area contributed by atoms with Gasteiger partial charge in [0.2, 0.25) is 11.7 Å². The van der Waals surface area contributed by atoms with Crippen LogP contribution in [-0.2, 0) is 5.41 Å². The Morgan fingerprint density at radius 3 is 2.90 bits per heavy atom. The van der Waals surface area contributed by atoms with Gasteiger partial charge in [-0.3, -0.25) is 0 Å². The highest BCUT2D eigenvalue weighted by atomic mass is 79.9. The Balaban J connectivity index is 1.98. The van der Waals surface area contributed by atoms with Gasteiger partial charge in [-0.1, -0.05) is 27.5 Å². The summed E-state index contributed by atoms with van der Waals surface area (Å²) in [5, 5.41) is 3.96. The molecule has 0 radical (unpaired) electrons. The summed E-state index contributed by atoms with van der Waals surface area (Å²) >= 11 is 3.26. The molecule has 20 heavy (non-hydrogen) atoms. The molecule has 6 heteroatoms. The third-order valence-corrected chi connectivity index (χ3v) is 4.52. The molecule has 1 aliphatic carbocycles. The van der Waals surface area contributed by atoms with Gasteiger partial charge in [0.1, 0.15) is 5.82 Å². The average Bonchev–Trinajstić information content (AvgIpc) is 2.97. The van der Waals surface area contributed by atoms with Crippen molar-refractivity contribution in [1.29, 1.82) is 0 Å². The summed E-state index contributed by atoms with van der Waals surface area (Å²) in [5.41, 5.74) is 6.45. The van der Waals surface area contributed by atoms with Crippen LogP contribution < -0.4 is 5.73 Å². The smallest absolute Gasteiger partial charge is 0.234 e. The normalized spacial score (nSPS) is 26.1. The molecule has 106 valence electrons. The molecular weight excluding hydrogens is 325 g/mol. The quantitative estimate of drug-likeness (QED) is 0.910. The van der Waals surface area contributed by atoms with Gasteiger partial charge in [0, 0.05) is 16.1 Å². The van der Waals surface area contributed by atoms with Crippen LogP contribution in [-0.4, -0.2) is 16.2 Å². The summed E-state index contributed by atoms with van der Waals surface area (Å²) in [6, 6.07) is 4.55. The molecule has 3 rings (SSSR count). The number of hydrogen-bond donors (Lipinski definition) is 1. The minimum atomic E-state index is -0.343. The molecule has 2 unspecified atom stereocenters. The third-order valence-electron chi connectivity index (χ3n) is 4.06. The van der Waals surface area contributed by atoms with Crippen molar-refractivity contribution < 1.29 is 8.91 Å². The summed E-state index contributed by atoms with van der Waals surface area (Å²) in [4.78, 5) is 4.42. The van der Waals surface area contributed by atoms with E-state index in [1.807, 2.05) is 6.92 Å². The average molecular weight is 340 g/mol. The van der Waals surface area contributed by atoms with Crippen LogP contribution in [0.3, 0.4) is 0 Å². The lowest BCUT2D eigenvalue weighted by Gasteiger charge is -2.23. The van der Waals surface area contributed by atoms with Crippen molar-refractivity contribution in [2.75, 3.05) is 0 Å². The minimum absolute atomic E-state index is 0.0232. The molecule has 2 aromatic rings. The molecule has 1 aliphatic rings. The summed E-state index contributed by atoms with van der Waals surface area (Å²) in [6.45, 7) is 2.05.